The first-order chi connectivity index (χ1) is 6.03. The first-order valence-electron chi connectivity index (χ1n) is 4.45. The predicted molar refractivity (Wildman–Crippen MR) is 47.4 cm³/mol. The van der Waals surface area contributed by atoms with Gasteiger partial charge in [0.2, 0.25) is 0 Å². The fourth-order valence-electron chi connectivity index (χ4n) is 1.65. The van der Waals surface area contributed by atoms with Gasteiger partial charge in [0.05, 0.1) is 11.7 Å². The van der Waals surface area contributed by atoms with Crippen molar-refractivity contribution < 1.29 is 19.3 Å². The molecule has 0 aromatic carbocycles. The van der Waals surface area contributed by atoms with Crippen LogP contribution in [0.15, 0.2) is 0 Å². The third kappa shape index (κ3) is 2.02. The van der Waals surface area contributed by atoms with Crippen molar-refractivity contribution in [1.82, 2.24) is 0 Å². The predicted octanol–water partition coefficient (Wildman–Crippen LogP) is 0.534. The monoisotopic (exact) mass is 190 g/mol. The average Bonchev–Trinajstić information content (AvgIpc) is 2.13. The van der Waals surface area contributed by atoms with Gasteiger partial charge in [-0.3, -0.25) is 0 Å². The molecular formula is C9H18O4. The minimum absolute atomic E-state index is 0.261. The van der Waals surface area contributed by atoms with Crippen molar-refractivity contribution in [1.29, 1.82) is 0 Å². The summed E-state index contributed by atoms with van der Waals surface area (Å²) in [5.41, 5.74) is -0.571. The van der Waals surface area contributed by atoms with E-state index in [1.54, 1.807) is 14.2 Å². The minimum Gasteiger partial charge on any atom is -0.387 e. The van der Waals surface area contributed by atoms with Crippen LogP contribution in [0, 0.1) is 0 Å². The number of hydrogen-bond acceptors (Lipinski definition) is 4. The van der Waals surface area contributed by atoms with E-state index < -0.39 is 11.7 Å². The van der Waals surface area contributed by atoms with Crippen molar-refractivity contribution in [3.05, 3.63) is 0 Å². The third-order valence-corrected chi connectivity index (χ3v) is 2.74. The lowest BCUT2D eigenvalue weighted by Gasteiger charge is -2.43. The molecule has 78 valence electrons. The van der Waals surface area contributed by atoms with E-state index in [0.29, 0.717) is 6.42 Å². The van der Waals surface area contributed by atoms with E-state index in [1.807, 2.05) is 13.8 Å². The molecule has 4 heteroatoms. The van der Waals surface area contributed by atoms with E-state index in [-0.39, 0.29) is 12.4 Å². The van der Waals surface area contributed by atoms with Gasteiger partial charge in [-0.15, -0.1) is 0 Å². The van der Waals surface area contributed by atoms with Gasteiger partial charge >= 0.3 is 0 Å². The van der Waals surface area contributed by atoms with Gasteiger partial charge in [0.15, 0.2) is 6.29 Å². The first kappa shape index (κ1) is 10.9. The van der Waals surface area contributed by atoms with Crippen molar-refractivity contribution in [2.45, 2.75) is 44.4 Å². The van der Waals surface area contributed by atoms with E-state index in [1.165, 1.54) is 0 Å². The highest BCUT2D eigenvalue weighted by Crippen LogP contribution is 2.31. The zero-order chi connectivity index (χ0) is 10.1. The normalized spacial score (nSPS) is 46.4. The molecular weight excluding hydrogens is 172 g/mol. The summed E-state index contributed by atoms with van der Waals surface area (Å²) in [6, 6.07) is 0. The molecule has 4 atom stereocenters. The number of ether oxygens (including phenoxy) is 3. The zero-order valence-corrected chi connectivity index (χ0v) is 8.61. The number of methoxy groups -OCH3 is 2. The number of aliphatic hydroxyl groups excluding tert-OH is 1. The maximum Gasteiger partial charge on any atom is 0.160 e. The number of aliphatic hydroxyl groups is 1. The summed E-state index contributed by atoms with van der Waals surface area (Å²) in [7, 11) is 3.18. The summed E-state index contributed by atoms with van der Waals surface area (Å²) in [5.74, 6) is 0. The Bertz CT molecular complexity index is 173. The molecule has 1 aliphatic rings. The van der Waals surface area contributed by atoms with Crippen LogP contribution in [0.3, 0.4) is 0 Å². The highest BCUT2D eigenvalue weighted by Gasteiger charge is 2.44. The molecule has 0 bridgehead atoms. The van der Waals surface area contributed by atoms with E-state index >= 15 is 0 Å². The second kappa shape index (κ2) is 3.92. The molecule has 1 saturated heterocycles. The van der Waals surface area contributed by atoms with Gasteiger partial charge in [-0.05, 0) is 13.8 Å². The van der Waals surface area contributed by atoms with Crippen LogP contribution in [0.2, 0.25) is 0 Å². The largest absolute Gasteiger partial charge is 0.387 e. The second-order valence-corrected chi connectivity index (χ2v) is 3.67. The fourth-order valence-corrected chi connectivity index (χ4v) is 1.65. The molecule has 0 aromatic rings. The number of rotatable bonds is 2. The Hall–Kier alpha value is -0.160. The second-order valence-electron chi connectivity index (χ2n) is 3.67. The molecule has 1 N–H and O–H groups in total. The molecule has 4 nitrogen and oxygen atoms in total. The van der Waals surface area contributed by atoms with Crippen molar-refractivity contribution in [2.75, 3.05) is 14.2 Å². The van der Waals surface area contributed by atoms with Crippen LogP contribution >= 0.6 is 0 Å². The van der Waals surface area contributed by atoms with Crippen molar-refractivity contribution in [3.63, 3.8) is 0 Å². The van der Waals surface area contributed by atoms with Crippen molar-refractivity contribution in [2.24, 2.45) is 0 Å². The molecule has 13 heavy (non-hydrogen) atoms. The Morgan fingerprint density at radius 1 is 1.46 bits per heavy atom. The summed E-state index contributed by atoms with van der Waals surface area (Å²) >= 11 is 0. The van der Waals surface area contributed by atoms with Gasteiger partial charge in [0.1, 0.15) is 6.10 Å². The molecule has 0 spiro atoms. The Morgan fingerprint density at radius 3 is 2.54 bits per heavy atom. The van der Waals surface area contributed by atoms with E-state index in [2.05, 4.69) is 0 Å². The van der Waals surface area contributed by atoms with Crippen LogP contribution < -0.4 is 0 Å². The lowest BCUT2D eigenvalue weighted by Crippen LogP contribution is -2.56. The highest BCUT2D eigenvalue weighted by atomic mass is 16.7. The molecule has 0 aliphatic carbocycles. The molecule has 0 radical (unpaired) electrons. The SMILES string of the molecule is CO[C@@H]1C[C@](C)(OC)[C@H](O)[C@@H](C)O1. The number of hydrogen-bond donors (Lipinski definition) is 1. The lowest BCUT2D eigenvalue weighted by molar-refractivity contribution is -0.271. The Labute approximate surface area is 78.8 Å². The maximum atomic E-state index is 9.80. The van der Waals surface area contributed by atoms with Crippen LogP contribution in [0.1, 0.15) is 20.3 Å². The van der Waals surface area contributed by atoms with Gasteiger partial charge in [0.25, 0.3) is 0 Å². The maximum absolute atomic E-state index is 9.80. The Kier molecular flexibility index (Phi) is 3.29. The van der Waals surface area contributed by atoms with Crippen LogP contribution in [0.5, 0.6) is 0 Å². The molecule has 0 saturated carbocycles. The molecule has 1 rings (SSSR count). The third-order valence-electron chi connectivity index (χ3n) is 2.74. The fraction of sp³-hybridized carbons (Fsp3) is 1.00. The molecule has 1 heterocycles. The van der Waals surface area contributed by atoms with Gasteiger partial charge in [-0.2, -0.15) is 0 Å². The van der Waals surface area contributed by atoms with Crippen LogP contribution in [0.4, 0.5) is 0 Å². The van der Waals surface area contributed by atoms with E-state index in [0.717, 1.165) is 0 Å². The molecule has 1 fully saturated rings. The first-order valence-corrected chi connectivity index (χ1v) is 4.45. The van der Waals surface area contributed by atoms with Crippen LogP contribution in [-0.4, -0.2) is 43.4 Å². The summed E-state index contributed by atoms with van der Waals surface area (Å²) < 4.78 is 15.8. The standard InChI is InChI=1S/C9H18O4/c1-6-8(10)9(2,12-4)5-7(11-3)13-6/h6-8,10H,5H2,1-4H3/t6-,7+,8-,9+/m1/s1. The molecule has 0 amide bonds. The van der Waals surface area contributed by atoms with Crippen molar-refractivity contribution in [3.8, 4) is 0 Å². The van der Waals surface area contributed by atoms with Gasteiger partial charge in [-0.1, -0.05) is 0 Å². The summed E-state index contributed by atoms with van der Waals surface area (Å²) in [6.45, 7) is 3.68. The quantitative estimate of drug-likeness (QED) is 0.690. The van der Waals surface area contributed by atoms with Gasteiger partial charge in [0, 0.05) is 20.6 Å². The molecule has 0 aromatic heterocycles. The molecule has 1 aliphatic heterocycles. The van der Waals surface area contributed by atoms with Crippen molar-refractivity contribution >= 4 is 0 Å². The van der Waals surface area contributed by atoms with E-state index in [4.69, 9.17) is 14.2 Å². The summed E-state index contributed by atoms with van der Waals surface area (Å²) in [4.78, 5) is 0. The van der Waals surface area contributed by atoms with E-state index in [9.17, 15) is 5.11 Å². The van der Waals surface area contributed by atoms with Crippen LogP contribution in [-0.2, 0) is 14.2 Å². The topological polar surface area (TPSA) is 47.9 Å². The average molecular weight is 190 g/mol. The minimum atomic E-state index is -0.608. The summed E-state index contributed by atoms with van der Waals surface area (Å²) in [5, 5.41) is 9.80. The van der Waals surface area contributed by atoms with Gasteiger partial charge < -0.3 is 19.3 Å². The lowest BCUT2D eigenvalue weighted by atomic mass is 9.88. The Morgan fingerprint density at radius 2 is 2.08 bits per heavy atom. The molecule has 0 unspecified atom stereocenters. The highest BCUT2D eigenvalue weighted by molar-refractivity contribution is 4.92. The zero-order valence-electron chi connectivity index (χ0n) is 8.61. The smallest absolute Gasteiger partial charge is 0.160 e. The van der Waals surface area contributed by atoms with Crippen LogP contribution in [0.25, 0.3) is 0 Å². The van der Waals surface area contributed by atoms with Gasteiger partial charge in [-0.25, -0.2) is 0 Å². The summed E-state index contributed by atoms with van der Waals surface area (Å²) in [6.07, 6.45) is -0.609. The Balaban J connectivity index is 2.71.